The van der Waals surface area contributed by atoms with Crippen molar-refractivity contribution in [2.75, 3.05) is 20.8 Å². The van der Waals surface area contributed by atoms with E-state index in [1.165, 1.54) is 0 Å². The quantitative estimate of drug-likeness (QED) is 0.856. The van der Waals surface area contributed by atoms with Gasteiger partial charge in [-0.15, -0.1) is 0 Å². The van der Waals surface area contributed by atoms with Crippen LogP contribution >= 0.6 is 0 Å². The fraction of sp³-hybridized carbons (Fsp3) is 0.294. The maximum atomic E-state index is 8.77. The van der Waals surface area contributed by atoms with Crippen molar-refractivity contribution in [2.45, 2.75) is 13.1 Å². The van der Waals surface area contributed by atoms with E-state index in [2.05, 4.69) is 16.7 Å². The van der Waals surface area contributed by atoms with Crippen molar-refractivity contribution in [3.63, 3.8) is 0 Å². The number of aliphatic hydroxyl groups is 1. The first-order valence-electron chi connectivity index (χ1n) is 6.70. The van der Waals surface area contributed by atoms with Gasteiger partial charge in [0.15, 0.2) is 0 Å². The van der Waals surface area contributed by atoms with Crippen LogP contribution in [0.2, 0.25) is 0 Å². The van der Waals surface area contributed by atoms with Crippen molar-refractivity contribution in [1.82, 2.24) is 4.90 Å². The summed E-state index contributed by atoms with van der Waals surface area (Å²) in [6.45, 7) is 1.31. The van der Waals surface area contributed by atoms with E-state index in [9.17, 15) is 0 Å². The molecule has 1 aromatic carbocycles. The number of rotatable bonds is 5. The third kappa shape index (κ3) is 4.38. The van der Waals surface area contributed by atoms with Crippen LogP contribution < -0.4 is 4.74 Å². The van der Waals surface area contributed by atoms with Crippen molar-refractivity contribution >= 4 is 0 Å². The molecule has 1 N–H and O–H groups in total. The molecule has 0 bridgehead atoms. The second kappa shape index (κ2) is 7.53. The summed E-state index contributed by atoms with van der Waals surface area (Å²) in [7, 11) is 3.68. The number of aliphatic hydroxyl groups excluding tert-OH is 1. The first-order valence-corrected chi connectivity index (χ1v) is 6.70. The van der Waals surface area contributed by atoms with E-state index in [1.54, 1.807) is 13.4 Å². The van der Waals surface area contributed by atoms with Gasteiger partial charge in [-0.1, -0.05) is 11.8 Å². The molecule has 110 valence electrons. The van der Waals surface area contributed by atoms with Crippen LogP contribution in [0.15, 0.2) is 41.0 Å². The molecular formula is C17H19NO3. The van der Waals surface area contributed by atoms with Gasteiger partial charge in [-0.2, -0.15) is 0 Å². The Hall–Kier alpha value is -2.22. The molecule has 2 rings (SSSR count). The molecule has 0 aliphatic heterocycles. The summed E-state index contributed by atoms with van der Waals surface area (Å²) in [5.74, 6) is 7.32. The van der Waals surface area contributed by atoms with Gasteiger partial charge in [-0.05, 0) is 37.4 Å². The summed E-state index contributed by atoms with van der Waals surface area (Å²) >= 11 is 0. The predicted octanol–water partition coefficient (Wildman–Crippen LogP) is 2.26. The molecule has 0 atom stereocenters. The molecule has 1 aromatic heterocycles. The van der Waals surface area contributed by atoms with Crippen molar-refractivity contribution in [3.05, 3.63) is 53.5 Å². The van der Waals surface area contributed by atoms with Gasteiger partial charge in [0.2, 0.25) is 0 Å². The van der Waals surface area contributed by atoms with Gasteiger partial charge in [0, 0.05) is 17.7 Å². The Kier molecular flexibility index (Phi) is 5.44. The van der Waals surface area contributed by atoms with Gasteiger partial charge in [0.1, 0.15) is 18.1 Å². The third-order valence-corrected chi connectivity index (χ3v) is 3.04. The van der Waals surface area contributed by atoms with E-state index < -0.39 is 0 Å². The summed E-state index contributed by atoms with van der Waals surface area (Å²) in [5, 5.41) is 8.77. The summed E-state index contributed by atoms with van der Waals surface area (Å²) < 4.78 is 10.7. The predicted molar refractivity (Wildman–Crippen MR) is 80.8 cm³/mol. The fourth-order valence-electron chi connectivity index (χ4n) is 2.14. The molecule has 4 heteroatoms. The molecule has 0 spiro atoms. The number of ether oxygens (including phenoxy) is 1. The highest BCUT2D eigenvalue weighted by molar-refractivity contribution is 5.44. The summed E-state index contributed by atoms with van der Waals surface area (Å²) in [6, 6.07) is 9.61. The van der Waals surface area contributed by atoms with Gasteiger partial charge in [-0.3, -0.25) is 4.90 Å². The third-order valence-electron chi connectivity index (χ3n) is 3.04. The Morgan fingerprint density at radius 2 is 2.14 bits per heavy atom. The number of benzene rings is 1. The summed E-state index contributed by atoms with van der Waals surface area (Å²) in [6.07, 6.45) is 1.68. The Balaban J connectivity index is 2.12. The van der Waals surface area contributed by atoms with Crippen LogP contribution in [0.25, 0.3) is 0 Å². The van der Waals surface area contributed by atoms with E-state index in [0.717, 1.165) is 35.7 Å². The highest BCUT2D eigenvalue weighted by Gasteiger charge is 2.09. The van der Waals surface area contributed by atoms with E-state index in [-0.39, 0.29) is 6.61 Å². The Morgan fingerprint density at radius 1 is 1.29 bits per heavy atom. The molecule has 21 heavy (non-hydrogen) atoms. The standard InChI is InChI=1S/C17H19NO3/c1-18(13-16-6-4-10-21-16)12-15-11-14(5-3-9-19)7-8-17(15)20-2/h4,6-8,10-11,19H,9,12-13H2,1-2H3. The van der Waals surface area contributed by atoms with E-state index in [4.69, 9.17) is 14.3 Å². The molecule has 0 saturated carbocycles. The van der Waals surface area contributed by atoms with Gasteiger partial charge in [-0.25, -0.2) is 0 Å². The monoisotopic (exact) mass is 285 g/mol. The number of hydrogen-bond acceptors (Lipinski definition) is 4. The zero-order chi connectivity index (χ0) is 15.1. The average molecular weight is 285 g/mol. The first-order chi connectivity index (χ1) is 10.2. The molecule has 1 heterocycles. The number of hydrogen-bond donors (Lipinski definition) is 1. The molecule has 0 fully saturated rings. The topological polar surface area (TPSA) is 45.8 Å². The molecular weight excluding hydrogens is 266 g/mol. The minimum Gasteiger partial charge on any atom is -0.496 e. The molecule has 0 unspecified atom stereocenters. The minimum absolute atomic E-state index is 0.139. The maximum Gasteiger partial charge on any atom is 0.123 e. The highest BCUT2D eigenvalue weighted by Crippen LogP contribution is 2.21. The zero-order valence-corrected chi connectivity index (χ0v) is 12.3. The van der Waals surface area contributed by atoms with E-state index >= 15 is 0 Å². The van der Waals surface area contributed by atoms with Crippen molar-refractivity contribution in [3.8, 4) is 17.6 Å². The lowest BCUT2D eigenvalue weighted by Gasteiger charge is -2.17. The van der Waals surface area contributed by atoms with Crippen LogP contribution in [-0.4, -0.2) is 30.8 Å². The first kappa shape index (κ1) is 15.2. The normalized spacial score (nSPS) is 10.3. The van der Waals surface area contributed by atoms with Crippen molar-refractivity contribution in [2.24, 2.45) is 0 Å². The van der Waals surface area contributed by atoms with Crippen LogP contribution in [0.4, 0.5) is 0 Å². The fourth-order valence-corrected chi connectivity index (χ4v) is 2.14. The smallest absolute Gasteiger partial charge is 0.123 e. The molecule has 0 aliphatic carbocycles. The summed E-state index contributed by atoms with van der Waals surface area (Å²) in [5.41, 5.74) is 1.92. The van der Waals surface area contributed by atoms with Gasteiger partial charge < -0.3 is 14.3 Å². The van der Waals surface area contributed by atoms with Crippen LogP contribution in [-0.2, 0) is 13.1 Å². The summed E-state index contributed by atoms with van der Waals surface area (Å²) in [4.78, 5) is 2.14. The van der Waals surface area contributed by atoms with Crippen LogP contribution in [0.1, 0.15) is 16.9 Å². The SMILES string of the molecule is COc1ccc(C#CCO)cc1CN(C)Cc1ccco1. The highest BCUT2D eigenvalue weighted by atomic mass is 16.5. The van der Waals surface area contributed by atoms with Crippen LogP contribution in [0.3, 0.4) is 0 Å². The van der Waals surface area contributed by atoms with Gasteiger partial charge in [0.05, 0.1) is 19.9 Å². The van der Waals surface area contributed by atoms with Crippen molar-refractivity contribution in [1.29, 1.82) is 0 Å². The average Bonchev–Trinajstić information content (AvgIpc) is 2.98. The van der Waals surface area contributed by atoms with Gasteiger partial charge >= 0.3 is 0 Å². The second-order valence-electron chi connectivity index (χ2n) is 4.74. The number of furan rings is 1. The van der Waals surface area contributed by atoms with Crippen molar-refractivity contribution < 1.29 is 14.3 Å². The number of methoxy groups -OCH3 is 1. The molecule has 0 radical (unpaired) electrons. The van der Waals surface area contributed by atoms with Crippen LogP contribution in [0.5, 0.6) is 5.75 Å². The molecule has 4 nitrogen and oxygen atoms in total. The van der Waals surface area contributed by atoms with E-state index in [0.29, 0.717) is 0 Å². The van der Waals surface area contributed by atoms with Crippen LogP contribution in [0, 0.1) is 11.8 Å². The molecule has 0 amide bonds. The number of nitrogens with zero attached hydrogens (tertiary/aromatic N) is 1. The zero-order valence-electron chi connectivity index (χ0n) is 12.3. The largest absolute Gasteiger partial charge is 0.496 e. The molecule has 0 saturated heterocycles. The molecule has 2 aromatic rings. The Morgan fingerprint density at radius 3 is 2.81 bits per heavy atom. The molecule has 0 aliphatic rings. The lowest BCUT2D eigenvalue weighted by molar-refractivity contribution is 0.282. The van der Waals surface area contributed by atoms with E-state index in [1.807, 2.05) is 37.4 Å². The Bertz CT molecular complexity index is 623. The van der Waals surface area contributed by atoms with Gasteiger partial charge in [0.25, 0.3) is 0 Å². The maximum absolute atomic E-state index is 8.77. The minimum atomic E-state index is -0.139. The Labute approximate surface area is 125 Å². The lowest BCUT2D eigenvalue weighted by atomic mass is 10.1. The lowest BCUT2D eigenvalue weighted by Crippen LogP contribution is -2.17. The second-order valence-corrected chi connectivity index (χ2v) is 4.74.